The molecule has 1 aromatic heterocycles. The normalized spacial score (nSPS) is 17.8. The molecule has 0 aromatic carbocycles. The number of rotatable bonds is 1. The minimum absolute atomic E-state index is 0.162. The third-order valence-corrected chi connectivity index (χ3v) is 3.17. The van der Waals surface area contributed by atoms with Gasteiger partial charge in [0.2, 0.25) is 0 Å². The Hall–Kier alpha value is -1.29. The zero-order chi connectivity index (χ0) is 11.7. The van der Waals surface area contributed by atoms with Gasteiger partial charge in [-0.1, -0.05) is 0 Å². The average molecular weight is 221 g/mol. The fourth-order valence-corrected chi connectivity index (χ4v) is 2.13. The third kappa shape index (κ3) is 2.11. The van der Waals surface area contributed by atoms with Gasteiger partial charge >= 0.3 is 0 Å². The van der Waals surface area contributed by atoms with Crippen molar-refractivity contribution in [1.82, 2.24) is 14.8 Å². The number of aromatic amines is 1. The van der Waals surface area contributed by atoms with Crippen molar-refractivity contribution in [2.45, 2.75) is 13.8 Å². The van der Waals surface area contributed by atoms with Crippen LogP contribution in [0.25, 0.3) is 0 Å². The van der Waals surface area contributed by atoms with Crippen molar-refractivity contribution < 1.29 is 4.79 Å². The Kier molecular flexibility index (Phi) is 3.01. The molecule has 88 valence electrons. The molecule has 0 aliphatic carbocycles. The zero-order valence-corrected chi connectivity index (χ0v) is 10.2. The van der Waals surface area contributed by atoms with E-state index in [-0.39, 0.29) is 5.91 Å². The van der Waals surface area contributed by atoms with Gasteiger partial charge in [-0.15, -0.1) is 0 Å². The van der Waals surface area contributed by atoms with Gasteiger partial charge in [0, 0.05) is 37.6 Å². The molecular formula is C12H19N3O. The number of nitrogens with zero attached hydrogens (tertiary/aromatic N) is 2. The summed E-state index contributed by atoms with van der Waals surface area (Å²) in [6.45, 7) is 7.53. The quantitative estimate of drug-likeness (QED) is 0.769. The highest BCUT2D eigenvalue weighted by molar-refractivity contribution is 5.95. The zero-order valence-electron chi connectivity index (χ0n) is 10.2. The van der Waals surface area contributed by atoms with Crippen LogP contribution in [-0.2, 0) is 0 Å². The van der Waals surface area contributed by atoms with Crippen LogP contribution in [0.15, 0.2) is 6.07 Å². The molecule has 4 heteroatoms. The van der Waals surface area contributed by atoms with Crippen LogP contribution in [0.5, 0.6) is 0 Å². The summed E-state index contributed by atoms with van der Waals surface area (Å²) < 4.78 is 0. The smallest absolute Gasteiger partial charge is 0.255 e. The van der Waals surface area contributed by atoms with Gasteiger partial charge in [0.25, 0.3) is 5.91 Å². The SMILES string of the molecule is Cc1cc(C(=O)N2CCN(C)CC2)c(C)[nH]1. The fourth-order valence-electron chi connectivity index (χ4n) is 2.13. The second kappa shape index (κ2) is 4.29. The van der Waals surface area contributed by atoms with Gasteiger partial charge in [-0.3, -0.25) is 4.79 Å². The van der Waals surface area contributed by atoms with Crippen molar-refractivity contribution in [3.63, 3.8) is 0 Å². The molecule has 1 aromatic rings. The van der Waals surface area contributed by atoms with E-state index in [1.54, 1.807) is 0 Å². The summed E-state index contributed by atoms with van der Waals surface area (Å²) in [5.41, 5.74) is 2.85. The van der Waals surface area contributed by atoms with Crippen LogP contribution in [0.3, 0.4) is 0 Å². The topological polar surface area (TPSA) is 39.3 Å². The molecule has 2 rings (SSSR count). The number of aryl methyl sites for hydroxylation is 2. The average Bonchev–Trinajstić information content (AvgIpc) is 2.58. The van der Waals surface area contributed by atoms with Crippen LogP contribution in [0, 0.1) is 13.8 Å². The first-order valence-corrected chi connectivity index (χ1v) is 5.72. The van der Waals surface area contributed by atoms with Crippen molar-refractivity contribution in [3.05, 3.63) is 23.0 Å². The van der Waals surface area contributed by atoms with Gasteiger partial charge in [-0.05, 0) is 27.0 Å². The second-order valence-electron chi connectivity index (χ2n) is 4.59. The lowest BCUT2D eigenvalue weighted by Crippen LogP contribution is -2.47. The molecule has 0 atom stereocenters. The molecule has 0 radical (unpaired) electrons. The van der Waals surface area contributed by atoms with Crippen LogP contribution in [0.2, 0.25) is 0 Å². The van der Waals surface area contributed by atoms with Crippen LogP contribution < -0.4 is 0 Å². The van der Waals surface area contributed by atoms with E-state index in [1.165, 1.54) is 0 Å². The van der Waals surface area contributed by atoms with Crippen molar-refractivity contribution >= 4 is 5.91 Å². The monoisotopic (exact) mass is 221 g/mol. The molecule has 1 saturated heterocycles. The number of carbonyl (C=O) groups is 1. The molecule has 1 N–H and O–H groups in total. The number of carbonyl (C=O) groups excluding carboxylic acids is 1. The summed E-state index contributed by atoms with van der Waals surface area (Å²) in [5, 5.41) is 0. The first-order chi connectivity index (χ1) is 7.58. The maximum absolute atomic E-state index is 12.2. The van der Waals surface area contributed by atoms with E-state index >= 15 is 0 Å². The fraction of sp³-hybridized carbons (Fsp3) is 0.583. The summed E-state index contributed by atoms with van der Waals surface area (Å²) in [6.07, 6.45) is 0. The summed E-state index contributed by atoms with van der Waals surface area (Å²) in [6, 6.07) is 1.94. The number of nitrogens with one attached hydrogen (secondary N) is 1. The predicted octanol–water partition coefficient (Wildman–Crippen LogP) is 1.02. The Morgan fingerprint density at radius 3 is 2.38 bits per heavy atom. The molecular weight excluding hydrogens is 202 g/mol. The van der Waals surface area contributed by atoms with Crippen molar-refractivity contribution in [2.24, 2.45) is 0 Å². The highest BCUT2D eigenvalue weighted by Gasteiger charge is 2.22. The number of aromatic nitrogens is 1. The van der Waals surface area contributed by atoms with Gasteiger partial charge in [-0.2, -0.15) is 0 Å². The number of amides is 1. The van der Waals surface area contributed by atoms with E-state index in [1.807, 2.05) is 24.8 Å². The lowest BCUT2D eigenvalue weighted by molar-refractivity contribution is 0.0663. The van der Waals surface area contributed by atoms with Crippen LogP contribution >= 0.6 is 0 Å². The first-order valence-electron chi connectivity index (χ1n) is 5.72. The van der Waals surface area contributed by atoms with Gasteiger partial charge < -0.3 is 14.8 Å². The molecule has 1 amide bonds. The van der Waals surface area contributed by atoms with E-state index < -0.39 is 0 Å². The molecule has 16 heavy (non-hydrogen) atoms. The minimum atomic E-state index is 0.162. The van der Waals surface area contributed by atoms with E-state index in [4.69, 9.17) is 0 Å². The third-order valence-electron chi connectivity index (χ3n) is 3.17. The molecule has 1 aliphatic heterocycles. The molecule has 1 aliphatic rings. The number of likely N-dealkylation sites (N-methyl/N-ethyl adjacent to an activating group) is 1. The lowest BCUT2D eigenvalue weighted by Gasteiger charge is -2.32. The molecule has 1 fully saturated rings. The molecule has 0 saturated carbocycles. The molecule has 0 unspecified atom stereocenters. The highest BCUT2D eigenvalue weighted by atomic mass is 16.2. The Balaban J connectivity index is 2.10. The maximum Gasteiger partial charge on any atom is 0.255 e. The maximum atomic E-state index is 12.2. The molecule has 4 nitrogen and oxygen atoms in total. The van der Waals surface area contributed by atoms with Gasteiger partial charge in [0.05, 0.1) is 5.56 Å². The van der Waals surface area contributed by atoms with Crippen LogP contribution in [-0.4, -0.2) is 53.9 Å². The molecule has 0 bridgehead atoms. The summed E-state index contributed by atoms with van der Waals surface area (Å²) >= 11 is 0. The van der Waals surface area contributed by atoms with Gasteiger partial charge in [0.15, 0.2) is 0 Å². The van der Waals surface area contributed by atoms with Crippen molar-refractivity contribution in [2.75, 3.05) is 33.2 Å². The Morgan fingerprint density at radius 2 is 1.88 bits per heavy atom. The van der Waals surface area contributed by atoms with Crippen molar-refractivity contribution in [3.8, 4) is 0 Å². The predicted molar refractivity (Wildman–Crippen MR) is 63.7 cm³/mol. The number of hydrogen-bond acceptors (Lipinski definition) is 2. The van der Waals surface area contributed by atoms with E-state index in [0.717, 1.165) is 43.1 Å². The number of hydrogen-bond donors (Lipinski definition) is 1. The summed E-state index contributed by atoms with van der Waals surface area (Å²) in [4.78, 5) is 19.6. The highest BCUT2D eigenvalue weighted by Crippen LogP contribution is 2.13. The number of piperazine rings is 1. The Labute approximate surface area is 96.2 Å². The molecule has 0 spiro atoms. The van der Waals surface area contributed by atoms with Crippen LogP contribution in [0.1, 0.15) is 21.7 Å². The standard InChI is InChI=1S/C12H19N3O/c1-9-8-11(10(2)13-9)12(16)15-6-4-14(3)5-7-15/h8,13H,4-7H2,1-3H3. The van der Waals surface area contributed by atoms with E-state index in [0.29, 0.717) is 0 Å². The van der Waals surface area contributed by atoms with Gasteiger partial charge in [0.1, 0.15) is 0 Å². The number of H-pyrrole nitrogens is 1. The largest absolute Gasteiger partial charge is 0.362 e. The summed E-state index contributed by atoms with van der Waals surface area (Å²) in [5.74, 6) is 0.162. The second-order valence-corrected chi connectivity index (χ2v) is 4.59. The van der Waals surface area contributed by atoms with E-state index in [2.05, 4.69) is 16.9 Å². The lowest BCUT2D eigenvalue weighted by atomic mass is 10.2. The van der Waals surface area contributed by atoms with Crippen LogP contribution in [0.4, 0.5) is 0 Å². The van der Waals surface area contributed by atoms with Gasteiger partial charge in [-0.25, -0.2) is 0 Å². The Morgan fingerprint density at radius 1 is 1.25 bits per heavy atom. The minimum Gasteiger partial charge on any atom is -0.362 e. The van der Waals surface area contributed by atoms with Crippen molar-refractivity contribution in [1.29, 1.82) is 0 Å². The summed E-state index contributed by atoms with van der Waals surface area (Å²) in [7, 11) is 2.09. The van der Waals surface area contributed by atoms with E-state index in [9.17, 15) is 4.79 Å². The first kappa shape index (κ1) is 11.2. The molecule has 2 heterocycles. The Bertz CT molecular complexity index is 389.